The van der Waals surface area contributed by atoms with Crippen molar-refractivity contribution in [3.8, 4) is 0 Å². The molecule has 1 amide bonds. The number of aryl methyl sites for hydroxylation is 1. The third-order valence-corrected chi connectivity index (χ3v) is 2.35. The van der Waals surface area contributed by atoms with Gasteiger partial charge >= 0.3 is 0 Å². The Kier molecular flexibility index (Phi) is 3.53. The molecule has 0 atom stereocenters. The summed E-state index contributed by atoms with van der Waals surface area (Å²) in [6, 6.07) is 5.58. The number of carbonyl (C=O) groups excluding carboxylic acids is 1. The topological polar surface area (TPSA) is 54.9 Å². The Bertz CT molecular complexity index is 583. The lowest BCUT2D eigenvalue weighted by atomic mass is 10.1. The average Bonchev–Trinajstić information content (AvgIpc) is 2.27. The van der Waals surface area contributed by atoms with Crippen molar-refractivity contribution < 1.29 is 9.18 Å². The van der Waals surface area contributed by atoms with Crippen molar-refractivity contribution in [3.63, 3.8) is 0 Å². The molecular weight excluding hydrogens is 257 g/mol. The average molecular weight is 266 g/mol. The van der Waals surface area contributed by atoms with Gasteiger partial charge < -0.3 is 5.32 Å². The van der Waals surface area contributed by atoms with Crippen LogP contribution >= 0.6 is 11.6 Å². The fraction of sp³-hybridized carbons (Fsp3) is 0.0833. The molecule has 0 saturated heterocycles. The largest absolute Gasteiger partial charge is 0.306 e. The second-order valence-electron chi connectivity index (χ2n) is 3.68. The van der Waals surface area contributed by atoms with Crippen LogP contribution in [-0.2, 0) is 0 Å². The quantitative estimate of drug-likeness (QED) is 0.850. The molecule has 0 aliphatic carbocycles. The van der Waals surface area contributed by atoms with E-state index in [1.807, 2.05) is 0 Å². The molecule has 0 aliphatic rings. The maximum atomic E-state index is 13.2. The Morgan fingerprint density at radius 1 is 1.39 bits per heavy atom. The van der Waals surface area contributed by atoms with Gasteiger partial charge in [0.25, 0.3) is 5.91 Å². The minimum absolute atomic E-state index is 0.0308. The van der Waals surface area contributed by atoms with E-state index in [1.54, 1.807) is 13.0 Å². The Morgan fingerprint density at radius 3 is 2.83 bits per heavy atom. The Hall–Kier alpha value is -2.01. The van der Waals surface area contributed by atoms with E-state index in [0.717, 1.165) is 6.07 Å². The number of nitrogens with one attached hydrogen (secondary N) is 1. The molecule has 0 radical (unpaired) electrons. The molecule has 1 N–H and O–H groups in total. The van der Waals surface area contributed by atoms with Crippen LogP contribution in [-0.4, -0.2) is 15.9 Å². The summed E-state index contributed by atoms with van der Waals surface area (Å²) in [6.45, 7) is 1.71. The highest BCUT2D eigenvalue weighted by atomic mass is 35.5. The molecule has 92 valence electrons. The zero-order valence-corrected chi connectivity index (χ0v) is 10.2. The highest BCUT2D eigenvalue weighted by molar-refractivity contribution is 6.28. The van der Waals surface area contributed by atoms with E-state index < -0.39 is 11.7 Å². The highest BCUT2D eigenvalue weighted by Gasteiger charge is 2.09. The summed E-state index contributed by atoms with van der Waals surface area (Å²) in [7, 11) is 0. The van der Waals surface area contributed by atoms with Gasteiger partial charge in [-0.25, -0.2) is 14.4 Å². The van der Waals surface area contributed by atoms with Crippen LogP contribution in [0, 0.1) is 12.7 Å². The zero-order valence-electron chi connectivity index (χ0n) is 9.45. The fourth-order valence-corrected chi connectivity index (χ4v) is 1.61. The van der Waals surface area contributed by atoms with Gasteiger partial charge in [0.1, 0.15) is 11.6 Å². The van der Waals surface area contributed by atoms with Gasteiger partial charge in [-0.15, -0.1) is 0 Å². The molecule has 18 heavy (non-hydrogen) atoms. The molecule has 0 bridgehead atoms. The number of anilines is 1. The van der Waals surface area contributed by atoms with Crippen molar-refractivity contribution in [1.29, 1.82) is 0 Å². The molecule has 2 rings (SSSR count). The first-order valence-electron chi connectivity index (χ1n) is 5.12. The lowest BCUT2D eigenvalue weighted by Crippen LogP contribution is -2.13. The lowest BCUT2D eigenvalue weighted by molar-refractivity contribution is 0.102. The number of hydrogen-bond donors (Lipinski definition) is 1. The first-order chi connectivity index (χ1) is 8.54. The number of halogens is 2. The van der Waals surface area contributed by atoms with Crippen LogP contribution in [0.15, 0.2) is 30.5 Å². The van der Waals surface area contributed by atoms with Crippen molar-refractivity contribution in [2.24, 2.45) is 0 Å². The van der Waals surface area contributed by atoms with E-state index >= 15 is 0 Å². The molecule has 1 aromatic carbocycles. The van der Waals surface area contributed by atoms with E-state index in [9.17, 15) is 9.18 Å². The summed E-state index contributed by atoms with van der Waals surface area (Å²) in [5, 5.41) is 2.54. The summed E-state index contributed by atoms with van der Waals surface area (Å²) in [5.41, 5.74) is 0.892. The van der Waals surface area contributed by atoms with Crippen LogP contribution in [0.4, 0.5) is 10.2 Å². The summed E-state index contributed by atoms with van der Waals surface area (Å²) in [4.78, 5) is 19.4. The minimum Gasteiger partial charge on any atom is -0.306 e. The Labute approximate surface area is 108 Å². The smallest absolute Gasteiger partial charge is 0.256 e. The van der Waals surface area contributed by atoms with Gasteiger partial charge in [0.2, 0.25) is 5.28 Å². The van der Waals surface area contributed by atoms with Gasteiger partial charge in [0.15, 0.2) is 0 Å². The molecule has 0 spiro atoms. The van der Waals surface area contributed by atoms with Crippen LogP contribution in [0.3, 0.4) is 0 Å². The van der Waals surface area contributed by atoms with E-state index in [2.05, 4.69) is 15.3 Å². The fourth-order valence-electron chi connectivity index (χ4n) is 1.46. The van der Waals surface area contributed by atoms with E-state index in [4.69, 9.17) is 11.6 Å². The number of amides is 1. The molecule has 0 fully saturated rings. The van der Waals surface area contributed by atoms with Crippen LogP contribution < -0.4 is 5.32 Å². The molecule has 4 nitrogen and oxygen atoms in total. The third kappa shape index (κ3) is 3.01. The maximum Gasteiger partial charge on any atom is 0.256 e. The van der Waals surface area contributed by atoms with Crippen LogP contribution in [0.25, 0.3) is 0 Å². The predicted molar refractivity (Wildman–Crippen MR) is 66.1 cm³/mol. The number of carbonyl (C=O) groups is 1. The SMILES string of the molecule is Cc1cc(F)cc(C(=O)Nc2ccnc(Cl)n2)c1. The summed E-state index contributed by atoms with van der Waals surface area (Å²) in [6.07, 6.45) is 1.42. The number of hydrogen-bond acceptors (Lipinski definition) is 3. The first kappa shape index (κ1) is 12.4. The first-order valence-corrected chi connectivity index (χ1v) is 5.49. The molecule has 1 aromatic heterocycles. The van der Waals surface area contributed by atoms with E-state index in [1.165, 1.54) is 18.3 Å². The van der Waals surface area contributed by atoms with Gasteiger partial charge in [-0.3, -0.25) is 4.79 Å². The molecule has 2 aromatic rings. The third-order valence-electron chi connectivity index (χ3n) is 2.17. The van der Waals surface area contributed by atoms with Gasteiger partial charge in [0.05, 0.1) is 0 Å². The van der Waals surface area contributed by atoms with Crippen molar-refractivity contribution in [2.45, 2.75) is 6.92 Å². The van der Waals surface area contributed by atoms with E-state index in [-0.39, 0.29) is 16.7 Å². The lowest BCUT2D eigenvalue weighted by Gasteiger charge is -2.05. The number of benzene rings is 1. The van der Waals surface area contributed by atoms with Gasteiger partial charge in [0, 0.05) is 11.8 Å². The van der Waals surface area contributed by atoms with Crippen LogP contribution in [0.5, 0.6) is 0 Å². The van der Waals surface area contributed by atoms with Crippen LogP contribution in [0.1, 0.15) is 15.9 Å². The second-order valence-corrected chi connectivity index (χ2v) is 4.02. The number of aromatic nitrogens is 2. The predicted octanol–water partition coefficient (Wildman–Crippen LogP) is 2.83. The van der Waals surface area contributed by atoms with Crippen molar-refractivity contribution in [1.82, 2.24) is 9.97 Å². The molecule has 6 heteroatoms. The maximum absolute atomic E-state index is 13.2. The zero-order chi connectivity index (χ0) is 13.1. The molecule has 0 aliphatic heterocycles. The normalized spacial score (nSPS) is 10.2. The standard InChI is InChI=1S/C12H9ClFN3O/c1-7-4-8(6-9(14)5-7)11(18)16-10-2-3-15-12(13)17-10/h2-6H,1H3,(H,15,16,17,18). The molecular formula is C12H9ClFN3O. The van der Waals surface area contributed by atoms with E-state index in [0.29, 0.717) is 5.56 Å². The van der Waals surface area contributed by atoms with Crippen molar-refractivity contribution in [2.75, 3.05) is 5.32 Å². The second kappa shape index (κ2) is 5.10. The number of nitrogens with zero attached hydrogens (tertiary/aromatic N) is 2. The van der Waals surface area contributed by atoms with Crippen molar-refractivity contribution in [3.05, 3.63) is 52.7 Å². The highest BCUT2D eigenvalue weighted by Crippen LogP contribution is 2.11. The molecule has 0 saturated carbocycles. The summed E-state index contributed by atoms with van der Waals surface area (Å²) < 4.78 is 13.2. The number of rotatable bonds is 2. The minimum atomic E-state index is -0.458. The molecule has 1 heterocycles. The van der Waals surface area contributed by atoms with Crippen molar-refractivity contribution >= 4 is 23.3 Å². The summed E-state index contributed by atoms with van der Waals surface area (Å²) in [5.74, 6) is -0.643. The Morgan fingerprint density at radius 2 is 2.17 bits per heavy atom. The van der Waals surface area contributed by atoms with Gasteiger partial charge in [-0.05, 0) is 48.4 Å². The van der Waals surface area contributed by atoms with Crippen LogP contribution in [0.2, 0.25) is 5.28 Å². The van der Waals surface area contributed by atoms with Gasteiger partial charge in [-0.2, -0.15) is 0 Å². The summed E-state index contributed by atoms with van der Waals surface area (Å²) >= 11 is 5.59. The Balaban J connectivity index is 2.22. The van der Waals surface area contributed by atoms with Gasteiger partial charge in [-0.1, -0.05) is 0 Å². The monoisotopic (exact) mass is 265 g/mol. The molecule has 0 unspecified atom stereocenters.